The van der Waals surface area contributed by atoms with Crippen LogP contribution in [0.5, 0.6) is 0 Å². The molecule has 1 aliphatic rings. The van der Waals surface area contributed by atoms with E-state index in [9.17, 15) is 4.79 Å². The third-order valence-electron chi connectivity index (χ3n) is 5.03. The smallest absolute Gasteiger partial charge is 0.289 e. The fourth-order valence-corrected chi connectivity index (χ4v) is 4.05. The van der Waals surface area contributed by atoms with Crippen LogP contribution in [0.15, 0.2) is 27.8 Å². The first-order chi connectivity index (χ1) is 13.5. The van der Waals surface area contributed by atoms with Gasteiger partial charge in [-0.25, -0.2) is 9.97 Å². The maximum atomic E-state index is 12.6. The lowest BCUT2D eigenvalue weighted by Gasteiger charge is -2.29. The fourth-order valence-electron chi connectivity index (χ4n) is 3.25. The number of piperazine rings is 1. The Morgan fingerprint density at radius 3 is 2.64 bits per heavy atom. The molecule has 1 N–H and O–H groups in total. The summed E-state index contributed by atoms with van der Waals surface area (Å²) in [6, 6.07) is 5.67. The molecule has 0 aliphatic carbocycles. The number of anilines is 1. The Morgan fingerprint density at radius 2 is 1.96 bits per heavy atom. The van der Waals surface area contributed by atoms with Crippen LogP contribution in [0.3, 0.4) is 0 Å². The highest BCUT2D eigenvalue weighted by atomic mass is 32.2. The summed E-state index contributed by atoms with van der Waals surface area (Å²) in [7, 11) is 2.16. The van der Waals surface area contributed by atoms with Crippen LogP contribution in [0.25, 0.3) is 0 Å². The quantitative estimate of drug-likeness (QED) is 0.557. The van der Waals surface area contributed by atoms with Gasteiger partial charge in [0.15, 0.2) is 10.9 Å². The Balaban J connectivity index is 1.62. The molecular formula is C20H30N5O2S+. The van der Waals surface area contributed by atoms with E-state index in [1.807, 2.05) is 24.0 Å². The Bertz CT molecular complexity index is 798. The van der Waals surface area contributed by atoms with Crippen LogP contribution in [-0.4, -0.2) is 67.1 Å². The van der Waals surface area contributed by atoms with E-state index in [1.165, 1.54) is 16.7 Å². The number of carbonyl (C=O) groups excluding carboxylic acids is 1. The van der Waals surface area contributed by atoms with E-state index in [0.29, 0.717) is 11.5 Å². The van der Waals surface area contributed by atoms with Crippen molar-refractivity contribution in [2.24, 2.45) is 0 Å². The van der Waals surface area contributed by atoms with Crippen molar-refractivity contribution in [1.82, 2.24) is 14.9 Å². The molecule has 7 nitrogen and oxygen atoms in total. The molecule has 3 rings (SSSR count). The number of thioether (sulfide) groups is 1. The molecule has 0 atom stereocenters. The van der Waals surface area contributed by atoms with Gasteiger partial charge in [-0.15, -0.1) is 0 Å². The highest BCUT2D eigenvalue weighted by Gasteiger charge is 2.24. The number of likely N-dealkylation sites (N-methyl/N-ethyl adjacent to an activating group) is 1. The van der Waals surface area contributed by atoms with E-state index in [1.54, 1.807) is 6.07 Å². The van der Waals surface area contributed by atoms with Gasteiger partial charge in [0.25, 0.3) is 5.91 Å². The third-order valence-corrected chi connectivity index (χ3v) is 5.90. The van der Waals surface area contributed by atoms with Gasteiger partial charge in [0.05, 0.1) is 39.0 Å². The summed E-state index contributed by atoms with van der Waals surface area (Å²) in [5.74, 6) is 2.72. The number of amides is 1. The zero-order chi connectivity index (χ0) is 20.1. The summed E-state index contributed by atoms with van der Waals surface area (Å²) in [6.45, 7) is 11.6. The molecule has 2 aromatic heterocycles. The summed E-state index contributed by atoms with van der Waals surface area (Å²) in [5.41, 5.74) is 0.951. The Morgan fingerprint density at radius 1 is 1.25 bits per heavy atom. The largest absolute Gasteiger partial charge is 0.455 e. The average Bonchev–Trinajstić information content (AvgIpc) is 3.16. The first-order valence-corrected chi connectivity index (χ1v) is 10.9. The number of hydrogen-bond donors (Lipinski definition) is 1. The predicted octanol–water partition coefficient (Wildman–Crippen LogP) is 1.49. The SMILES string of the molecule is CCN(CC)c1cc(C)nc(SCc2ccc(C(=O)N3CC[NH+](C)CC3)o2)n1. The first-order valence-electron chi connectivity index (χ1n) is 9.92. The number of furan rings is 1. The van der Waals surface area contributed by atoms with Gasteiger partial charge in [0.1, 0.15) is 11.6 Å². The summed E-state index contributed by atoms with van der Waals surface area (Å²) in [4.78, 5) is 27.4. The Hall–Kier alpha value is -2.06. The molecule has 3 heterocycles. The van der Waals surface area contributed by atoms with Gasteiger partial charge in [0.2, 0.25) is 0 Å². The van der Waals surface area contributed by atoms with Crippen molar-refractivity contribution in [1.29, 1.82) is 0 Å². The average molecular weight is 405 g/mol. The molecule has 0 aromatic carbocycles. The number of aryl methyl sites for hydroxylation is 1. The van der Waals surface area contributed by atoms with Gasteiger partial charge in [-0.3, -0.25) is 4.79 Å². The van der Waals surface area contributed by atoms with E-state index < -0.39 is 0 Å². The van der Waals surface area contributed by atoms with Gasteiger partial charge < -0.3 is 19.1 Å². The maximum absolute atomic E-state index is 12.6. The number of aromatic nitrogens is 2. The van der Waals surface area contributed by atoms with Crippen LogP contribution < -0.4 is 9.80 Å². The van der Waals surface area contributed by atoms with Crippen molar-refractivity contribution in [2.75, 3.05) is 51.2 Å². The van der Waals surface area contributed by atoms with Crippen LogP contribution in [-0.2, 0) is 5.75 Å². The Labute approximate surface area is 171 Å². The molecule has 0 unspecified atom stereocenters. The molecule has 0 saturated carbocycles. The normalized spacial score (nSPS) is 15.1. The van der Waals surface area contributed by atoms with Gasteiger partial charge in [0, 0.05) is 24.8 Å². The van der Waals surface area contributed by atoms with Crippen molar-refractivity contribution in [3.63, 3.8) is 0 Å². The van der Waals surface area contributed by atoms with Gasteiger partial charge >= 0.3 is 0 Å². The van der Waals surface area contributed by atoms with Crippen LogP contribution >= 0.6 is 11.8 Å². The van der Waals surface area contributed by atoms with E-state index in [4.69, 9.17) is 4.42 Å². The molecule has 28 heavy (non-hydrogen) atoms. The minimum Gasteiger partial charge on any atom is -0.455 e. The van der Waals surface area contributed by atoms with Crippen LogP contribution in [0.2, 0.25) is 0 Å². The first kappa shape index (κ1) is 20.7. The van der Waals surface area contributed by atoms with Crippen molar-refractivity contribution in [2.45, 2.75) is 31.7 Å². The van der Waals surface area contributed by atoms with Gasteiger partial charge in [-0.05, 0) is 32.9 Å². The fraction of sp³-hybridized carbons (Fsp3) is 0.550. The third kappa shape index (κ3) is 5.05. The molecule has 1 aliphatic heterocycles. The number of nitrogens with zero attached hydrogens (tertiary/aromatic N) is 4. The summed E-state index contributed by atoms with van der Waals surface area (Å²) in [6.07, 6.45) is 0. The van der Waals surface area contributed by atoms with Gasteiger partial charge in [-0.1, -0.05) is 11.8 Å². The molecule has 0 radical (unpaired) electrons. The molecule has 152 valence electrons. The summed E-state index contributed by atoms with van der Waals surface area (Å²) >= 11 is 1.53. The van der Waals surface area contributed by atoms with E-state index in [-0.39, 0.29) is 5.91 Å². The second kappa shape index (κ2) is 9.43. The molecule has 0 bridgehead atoms. The number of nitrogens with one attached hydrogen (secondary N) is 1. The highest BCUT2D eigenvalue weighted by Crippen LogP contribution is 2.24. The van der Waals surface area contributed by atoms with E-state index in [0.717, 1.165) is 61.7 Å². The molecule has 1 fully saturated rings. The van der Waals surface area contributed by atoms with Crippen LogP contribution in [0.4, 0.5) is 5.82 Å². The van der Waals surface area contributed by atoms with E-state index in [2.05, 4.69) is 35.8 Å². The number of hydrogen-bond acceptors (Lipinski definition) is 6. The van der Waals surface area contributed by atoms with Crippen molar-refractivity contribution in [3.05, 3.63) is 35.4 Å². The minimum absolute atomic E-state index is 0.0145. The lowest BCUT2D eigenvalue weighted by atomic mass is 10.3. The number of carbonyl (C=O) groups is 1. The molecular weight excluding hydrogens is 374 g/mol. The molecule has 8 heteroatoms. The molecule has 0 spiro atoms. The second-order valence-electron chi connectivity index (χ2n) is 7.13. The molecule has 1 saturated heterocycles. The minimum atomic E-state index is -0.0145. The standard InChI is InChI=1S/C20H29N5O2S/c1-5-24(6-2)18-13-15(3)21-20(22-18)28-14-16-7-8-17(27-16)19(26)25-11-9-23(4)10-12-25/h7-8,13H,5-6,9-12,14H2,1-4H3/p+1. The Kier molecular flexibility index (Phi) is 6.96. The number of quaternary nitrogens is 1. The highest BCUT2D eigenvalue weighted by molar-refractivity contribution is 7.98. The number of rotatable bonds is 7. The van der Waals surface area contributed by atoms with Gasteiger partial charge in [-0.2, -0.15) is 0 Å². The van der Waals surface area contributed by atoms with Crippen molar-refractivity contribution in [3.8, 4) is 0 Å². The van der Waals surface area contributed by atoms with Crippen LogP contribution in [0, 0.1) is 6.92 Å². The topological polar surface area (TPSA) is 66.9 Å². The zero-order valence-corrected chi connectivity index (χ0v) is 18.0. The predicted molar refractivity (Wildman–Crippen MR) is 111 cm³/mol. The van der Waals surface area contributed by atoms with E-state index >= 15 is 0 Å². The second-order valence-corrected chi connectivity index (χ2v) is 8.07. The van der Waals surface area contributed by atoms with Crippen molar-refractivity contribution < 1.29 is 14.1 Å². The maximum Gasteiger partial charge on any atom is 0.289 e. The molecule has 1 amide bonds. The van der Waals surface area contributed by atoms with Crippen LogP contribution in [0.1, 0.15) is 35.9 Å². The monoisotopic (exact) mass is 404 g/mol. The molecule has 2 aromatic rings. The lowest BCUT2D eigenvalue weighted by Crippen LogP contribution is -3.12. The van der Waals surface area contributed by atoms with Crippen molar-refractivity contribution >= 4 is 23.5 Å². The lowest BCUT2D eigenvalue weighted by molar-refractivity contribution is -0.883. The zero-order valence-electron chi connectivity index (χ0n) is 17.2. The summed E-state index contributed by atoms with van der Waals surface area (Å²) in [5, 5.41) is 0.730. The summed E-state index contributed by atoms with van der Waals surface area (Å²) < 4.78 is 5.81.